The third-order valence-electron chi connectivity index (χ3n) is 4.53. The Bertz CT molecular complexity index is 912. The molecule has 3 rings (SSSR count). The van der Waals surface area contributed by atoms with Crippen molar-refractivity contribution in [3.63, 3.8) is 0 Å². The number of hydrogen-bond donors (Lipinski definition) is 1. The zero-order valence-corrected chi connectivity index (χ0v) is 15.4. The van der Waals surface area contributed by atoms with Crippen LogP contribution in [0.2, 0.25) is 0 Å². The van der Waals surface area contributed by atoms with Crippen molar-refractivity contribution in [3.8, 4) is 11.5 Å². The monoisotopic (exact) mass is 385 g/mol. The van der Waals surface area contributed by atoms with E-state index in [9.17, 15) is 19.7 Å². The van der Waals surface area contributed by atoms with Crippen molar-refractivity contribution >= 4 is 28.9 Å². The largest absolute Gasteiger partial charge is 0.497 e. The van der Waals surface area contributed by atoms with Gasteiger partial charge in [0.2, 0.25) is 11.8 Å². The summed E-state index contributed by atoms with van der Waals surface area (Å²) >= 11 is 0. The fraction of sp³-hybridized carbons (Fsp3) is 0.263. The molecular weight excluding hydrogens is 366 g/mol. The summed E-state index contributed by atoms with van der Waals surface area (Å²) < 4.78 is 10.4. The van der Waals surface area contributed by atoms with Crippen molar-refractivity contribution in [1.29, 1.82) is 0 Å². The Morgan fingerprint density at radius 3 is 2.50 bits per heavy atom. The third kappa shape index (κ3) is 3.88. The Kier molecular flexibility index (Phi) is 5.44. The van der Waals surface area contributed by atoms with E-state index in [4.69, 9.17) is 9.47 Å². The topological polar surface area (TPSA) is 111 Å². The first-order valence-electron chi connectivity index (χ1n) is 8.50. The number of hydrogen-bond acceptors (Lipinski definition) is 6. The highest BCUT2D eigenvalue weighted by Crippen LogP contribution is 2.31. The minimum atomic E-state index is -0.547. The molecule has 0 unspecified atom stereocenters. The predicted molar refractivity (Wildman–Crippen MR) is 102 cm³/mol. The van der Waals surface area contributed by atoms with Crippen molar-refractivity contribution < 1.29 is 24.0 Å². The van der Waals surface area contributed by atoms with Crippen LogP contribution >= 0.6 is 0 Å². The highest BCUT2D eigenvalue weighted by molar-refractivity contribution is 6.04. The van der Waals surface area contributed by atoms with Crippen molar-refractivity contribution in [1.82, 2.24) is 0 Å². The number of non-ortho nitro benzene ring substituents is 1. The summed E-state index contributed by atoms with van der Waals surface area (Å²) in [6.45, 7) is 0.195. The Morgan fingerprint density at radius 2 is 1.89 bits per heavy atom. The Morgan fingerprint density at radius 1 is 1.18 bits per heavy atom. The number of ether oxygens (including phenoxy) is 2. The van der Waals surface area contributed by atoms with Crippen molar-refractivity contribution in [2.75, 3.05) is 31.0 Å². The second kappa shape index (κ2) is 7.95. The maximum absolute atomic E-state index is 12.6. The van der Waals surface area contributed by atoms with Gasteiger partial charge in [-0.3, -0.25) is 19.7 Å². The van der Waals surface area contributed by atoms with Crippen LogP contribution in [0.3, 0.4) is 0 Å². The molecule has 9 nitrogen and oxygen atoms in total. The lowest BCUT2D eigenvalue weighted by atomic mass is 10.1. The first kappa shape index (κ1) is 19.2. The van der Waals surface area contributed by atoms with Crippen LogP contribution < -0.4 is 19.7 Å². The maximum Gasteiger partial charge on any atom is 0.269 e. The molecule has 1 aliphatic rings. The molecule has 2 aromatic rings. The van der Waals surface area contributed by atoms with E-state index in [0.29, 0.717) is 22.9 Å². The van der Waals surface area contributed by atoms with Gasteiger partial charge in [-0.05, 0) is 24.3 Å². The Labute approximate surface area is 161 Å². The number of nitrogens with zero attached hydrogens (tertiary/aromatic N) is 2. The highest BCUT2D eigenvalue weighted by atomic mass is 16.6. The van der Waals surface area contributed by atoms with E-state index in [1.165, 1.54) is 43.4 Å². The molecule has 1 aliphatic heterocycles. The molecule has 0 aromatic heterocycles. The van der Waals surface area contributed by atoms with Gasteiger partial charge in [0, 0.05) is 36.9 Å². The summed E-state index contributed by atoms with van der Waals surface area (Å²) in [4.78, 5) is 36.7. The predicted octanol–water partition coefficient (Wildman–Crippen LogP) is 2.60. The molecule has 2 aromatic carbocycles. The maximum atomic E-state index is 12.6. The number of nitro groups is 1. The lowest BCUT2D eigenvalue weighted by molar-refractivity contribution is -0.384. The van der Waals surface area contributed by atoms with E-state index in [-0.39, 0.29) is 30.5 Å². The van der Waals surface area contributed by atoms with Gasteiger partial charge in [0.25, 0.3) is 5.69 Å². The molecular formula is C19H19N3O6. The molecule has 146 valence electrons. The van der Waals surface area contributed by atoms with Crippen molar-refractivity contribution in [3.05, 3.63) is 52.6 Å². The molecule has 0 radical (unpaired) electrons. The molecule has 0 spiro atoms. The van der Waals surface area contributed by atoms with Crippen molar-refractivity contribution in [2.24, 2.45) is 5.92 Å². The molecule has 1 atom stereocenters. The van der Waals surface area contributed by atoms with Crippen LogP contribution in [0.25, 0.3) is 0 Å². The van der Waals surface area contributed by atoms with Crippen molar-refractivity contribution in [2.45, 2.75) is 6.42 Å². The Hall–Kier alpha value is -3.62. The fourth-order valence-corrected chi connectivity index (χ4v) is 3.02. The van der Waals surface area contributed by atoms with Crippen LogP contribution in [0, 0.1) is 16.0 Å². The smallest absolute Gasteiger partial charge is 0.269 e. The number of carbonyl (C=O) groups is 2. The summed E-state index contributed by atoms with van der Waals surface area (Å²) in [7, 11) is 3.02. The lowest BCUT2D eigenvalue weighted by Gasteiger charge is -2.17. The van der Waals surface area contributed by atoms with E-state index < -0.39 is 10.8 Å². The number of amides is 2. The standard InChI is InChI=1S/C19H19N3O6/c1-27-15-7-8-16(17(10-15)28-2)20-19(24)12-9-18(23)21(11-12)13-3-5-14(6-4-13)22(25)26/h3-8,10,12H,9,11H2,1-2H3,(H,20,24)/t12-/m0/s1. The van der Waals surface area contributed by atoms with E-state index in [1.54, 1.807) is 18.2 Å². The normalized spacial score (nSPS) is 16.0. The van der Waals surface area contributed by atoms with Gasteiger partial charge in [-0.15, -0.1) is 0 Å². The van der Waals surface area contributed by atoms with E-state index in [1.807, 2.05) is 0 Å². The number of benzene rings is 2. The molecule has 1 N–H and O–H groups in total. The number of rotatable bonds is 6. The third-order valence-corrected chi connectivity index (χ3v) is 4.53. The highest BCUT2D eigenvalue weighted by Gasteiger charge is 2.35. The second-order valence-corrected chi connectivity index (χ2v) is 6.23. The van der Waals surface area contributed by atoms with Gasteiger partial charge in [-0.25, -0.2) is 0 Å². The van der Waals surface area contributed by atoms with Gasteiger partial charge in [0.1, 0.15) is 11.5 Å². The summed E-state index contributed by atoms with van der Waals surface area (Å²) in [5.41, 5.74) is 0.943. The first-order valence-corrected chi connectivity index (χ1v) is 8.50. The number of nitrogens with one attached hydrogen (secondary N) is 1. The first-order chi connectivity index (χ1) is 13.4. The SMILES string of the molecule is COc1ccc(NC(=O)[C@H]2CC(=O)N(c3ccc([N+](=O)[O-])cc3)C2)c(OC)c1. The van der Waals surface area contributed by atoms with Gasteiger partial charge >= 0.3 is 0 Å². The van der Waals surface area contributed by atoms with Crippen LogP contribution in [-0.4, -0.2) is 37.5 Å². The molecule has 1 heterocycles. The fourth-order valence-electron chi connectivity index (χ4n) is 3.02. The van der Waals surface area contributed by atoms with Crippen LogP contribution in [-0.2, 0) is 9.59 Å². The minimum absolute atomic E-state index is 0.0568. The summed E-state index contributed by atoms with van der Waals surface area (Å²) in [5.74, 6) is -0.0223. The molecule has 28 heavy (non-hydrogen) atoms. The molecule has 9 heteroatoms. The van der Waals surface area contributed by atoms with Gasteiger partial charge in [0.05, 0.1) is 30.7 Å². The number of nitro benzene ring substituents is 1. The minimum Gasteiger partial charge on any atom is -0.497 e. The molecule has 1 saturated heterocycles. The average Bonchev–Trinajstić information content (AvgIpc) is 3.10. The van der Waals surface area contributed by atoms with E-state index in [2.05, 4.69) is 5.32 Å². The van der Waals surface area contributed by atoms with Gasteiger partial charge in [-0.1, -0.05) is 0 Å². The molecule has 2 amide bonds. The zero-order valence-electron chi connectivity index (χ0n) is 15.4. The van der Waals surface area contributed by atoms with Gasteiger partial charge in [-0.2, -0.15) is 0 Å². The zero-order chi connectivity index (χ0) is 20.3. The van der Waals surface area contributed by atoms with Crippen LogP contribution in [0.1, 0.15) is 6.42 Å². The lowest BCUT2D eigenvalue weighted by Crippen LogP contribution is -2.28. The van der Waals surface area contributed by atoms with Crippen LogP contribution in [0.5, 0.6) is 11.5 Å². The molecule has 0 aliphatic carbocycles. The summed E-state index contributed by atoms with van der Waals surface area (Å²) in [6, 6.07) is 10.7. The van der Waals surface area contributed by atoms with Crippen LogP contribution in [0.4, 0.5) is 17.1 Å². The molecule has 0 bridgehead atoms. The number of carbonyl (C=O) groups excluding carboxylic acids is 2. The van der Waals surface area contributed by atoms with Gasteiger partial charge in [0.15, 0.2) is 0 Å². The number of anilines is 2. The quantitative estimate of drug-likeness (QED) is 0.604. The summed E-state index contributed by atoms with van der Waals surface area (Å²) in [6.07, 6.45) is 0.0568. The molecule has 0 saturated carbocycles. The summed E-state index contributed by atoms with van der Waals surface area (Å²) in [5, 5.41) is 13.5. The average molecular weight is 385 g/mol. The van der Waals surface area contributed by atoms with Crippen LogP contribution in [0.15, 0.2) is 42.5 Å². The van der Waals surface area contributed by atoms with E-state index in [0.717, 1.165) is 0 Å². The van der Waals surface area contributed by atoms with E-state index >= 15 is 0 Å². The van der Waals surface area contributed by atoms with Gasteiger partial charge < -0.3 is 19.7 Å². The Balaban J connectivity index is 1.71. The molecule has 1 fully saturated rings. The second-order valence-electron chi connectivity index (χ2n) is 6.23. The number of methoxy groups -OCH3 is 2.